The second-order valence-corrected chi connectivity index (χ2v) is 7.16. The van der Waals surface area contributed by atoms with Gasteiger partial charge in [0, 0.05) is 32.1 Å². The number of carbonyl (C=O) groups excluding carboxylic acids is 1. The van der Waals surface area contributed by atoms with Crippen molar-refractivity contribution in [1.82, 2.24) is 14.8 Å². The molecule has 2 aromatic rings. The molecule has 3 rings (SSSR count). The predicted octanol–water partition coefficient (Wildman–Crippen LogP) is 2.55. The van der Waals surface area contributed by atoms with Crippen LogP contribution in [0.3, 0.4) is 0 Å². The van der Waals surface area contributed by atoms with Crippen LogP contribution >= 0.6 is 12.4 Å². The van der Waals surface area contributed by atoms with Crippen LogP contribution in [0.25, 0.3) is 11.1 Å². The van der Waals surface area contributed by atoms with Gasteiger partial charge in [0.25, 0.3) is 5.69 Å². The van der Waals surface area contributed by atoms with Crippen LogP contribution in [-0.4, -0.2) is 46.5 Å². The third-order valence-electron chi connectivity index (χ3n) is 5.29. The van der Waals surface area contributed by atoms with Crippen molar-refractivity contribution in [3.63, 3.8) is 0 Å². The number of amides is 1. The molecule has 10 heteroatoms. The highest BCUT2D eigenvalue weighted by Crippen LogP contribution is 2.21. The first-order valence-corrected chi connectivity index (χ1v) is 9.76. The third kappa shape index (κ3) is 5.57. The summed E-state index contributed by atoms with van der Waals surface area (Å²) in [6.07, 6.45) is 2.92. The number of aromatic nitrogens is 1. The number of aryl methyl sites for hydroxylation is 1. The number of rotatable bonds is 8. The van der Waals surface area contributed by atoms with E-state index < -0.39 is 10.7 Å². The number of oxazole rings is 1. The molecular weight excluding hydrogens is 400 g/mol. The highest BCUT2D eigenvalue weighted by molar-refractivity contribution is 5.85. The van der Waals surface area contributed by atoms with E-state index >= 15 is 0 Å². The van der Waals surface area contributed by atoms with E-state index in [9.17, 15) is 19.7 Å². The Bertz CT molecular complexity index is 902. The number of nitrogens with zero attached hydrogens (tertiary/aromatic N) is 3. The van der Waals surface area contributed by atoms with Gasteiger partial charge in [0.1, 0.15) is 0 Å². The summed E-state index contributed by atoms with van der Waals surface area (Å²) in [5.74, 6) is 0.175. The Labute approximate surface area is 174 Å². The zero-order valence-electron chi connectivity index (χ0n) is 16.5. The van der Waals surface area contributed by atoms with Gasteiger partial charge in [-0.05, 0) is 44.3 Å². The number of likely N-dealkylation sites (tertiary alicyclic amines) is 1. The van der Waals surface area contributed by atoms with E-state index in [-0.39, 0.29) is 29.6 Å². The normalized spacial score (nSPS) is 14.7. The zero-order chi connectivity index (χ0) is 20.1. The Morgan fingerprint density at radius 2 is 2.07 bits per heavy atom. The molecule has 0 radical (unpaired) electrons. The van der Waals surface area contributed by atoms with E-state index in [1.807, 2.05) is 4.90 Å². The predicted molar refractivity (Wildman–Crippen MR) is 111 cm³/mol. The van der Waals surface area contributed by atoms with Crippen molar-refractivity contribution in [2.75, 3.05) is 26.2 Å². The van der Waals surface area contributed by atoms with E-state index in [4.69, 9.17) is 4.42 Å². The van der Waals surface area contributed by atoms with Crippen molar-refractivity contribution in [2.45, 2.75) is 39.2 Å². The molecule has 0 bridgehead atoms. The van der Waals surface area contributed by atoms with Gasteiger partial charge in [-0.25, -0.2) is 4.79 Å². The molecule has 1 aliphatic heterocycles. The molecule has 0 saturated carbocycles. The van der Waals surface area contributed by atoms with Crippen LogP contribution in [-0.2, 0) is 11.3 Å². The molecule has 2 heterocycles. The molecule has 0 atom stereocenters. The summed E-state index contributed by atoms with van der Waals surface area (Å²) in [7, 11) is 0. The number of carbonyl (C=O) groups is 1. The molecule has 1 aliphatic rings. The summed E-state index contributed by atoms with van der Waals surface area (Å²) in [6, 6.07) is 4.10. The average molecular weight is 427 g/mol. The number of fused-ring (bicyclic) bond motifs is 1. The lowest BCUT2D eigenvalue weighted by atomic mass is 9.96. The average Bonchev–Trinajstić information content (AvgIpc) is 3.01. The van der Waals surface area contributed by atoms with Gasteiger partial charge in [0.2, 0.25) is 5.91 Å². The SMILES string of the molecule is CCNCC1CCN(C(=O)CCCn2c(=O)oc3cc([N+](=O)[O-])ccc32)CC1.Cl. The van der Waals surface area contributed by atoms with Gasteiger partial charge >= 0.3 is 5.76 Å². The number of nitrogens with one attached hydrogen (secondary N) is 1. The van der Waals surface area contributed by atoms with E-state index in [1.165, 1.54) is 22.8 Å². The first-order chi connectivity index (χ1) is 13.5. The van der Waals surface area contributed by atoms with Gasteiger partial charge in [-0.15, -0.1) is 12.4 Å². The second-order valence-electron chi connectivity index (χ2n) is 7.16. The van der Waals surface area contributed by atoms with Crippen molar-refractivity contribution in [3.05, 3.63) is 38.9 Å². The molecule has 29 heavy (non-hydrogen) atoms. The number of hydrogen-bond acceptors (Lipinski definition) is 6. The van der Waals surface area contributed by atoms with Gasteiger partial charge < -0.3 is 14.6 Å². The summed E-state index contributed by atoms with van der Waals surface area (Å²) in [4.78, 5) is 36.7. The zero-order valence-corrected chi connectivity index (χ0v) is 17.3. The number of benzene rings is 1. The molecular formula is C19H27ClN4O5. The Balaban J connectivity index is 0.00000300. The Kier molecular flexibility index (Phi) is 8.21. The molecule has 0 aliphatic carbocycles. The quantitative estimate of drug-likeness (QED) is 0.513. The van der Waals surface area contributed by atoms with E-state index in [0.29, 0.717) is 30.8 Å². The minimum atomic E-state index is -0.563. The van der Waals surface area contributed by atoms with Crippen molar-refractivity contribution in [3.8, 4) is 0 Å². The van der Waals surface area contributed by atoms with Crippen molar-refractivity contribution < 1.29 is 14.1 Å². The van der Waals surface area contributed by atoms with Crippen LogP contribution < -0.4 is 11.1 Å². The van der Waals surface area contributed by atoms with Crippen LogP contribution in [0.2, 0.25) is 0 Å². The first-order valence-electron chi connectivity index (χ1n) is 9.76. The second kappa shape index (κ2) is 10.4. The standard InChI is InChI=1S/C19H26N4O5.ClH/c1-2-20-13-14-7-10-21(11-8-14)18(24)4-3-9-22-16-6-5-15(23(26)27)12-17(16)28-19(22)25;/h5-6,12,14,20H,2-4,7-11,13H2,1H3;1H. The summed E-state index contributed by atoms with van der Waals surface area (Å²) in [6.45, 7) is 5.97. The van der Waals surface area contributed by atoms with Gasteiger partial charge in [-0.1, -0.05) is 6.92 Å². The van der Waals surface area contributed by atoms with Crippen LogP contribution in [0, 0.1) is 16.0 Å². The largest absolute Gasteiger partial charge is 0.419 e. The fourth-order valence-electron chi connectivity index (χ4n) is 3.66. The molecule has 9 nitrogen and oxygen atoms in total. The van der Waals surface area contributed by atoms with E-state index in [2.05, 4.69) is 12.2 Å². The topological polar surface area (TPSA) is 111 Å². The summed E-state index contributed by atoms with van der Waals surface area (Å²) < 4.78 is 6.53. The molecule has 1 saturated heterocycles. The Hall–Kier alpha value is -2.39. The lowest BCUT2D eigenvalue weighted by molar-refractivity contribution is -0.384. The maximum atomic E-state index is 12.4. The first kappa shape index (κ1) is 22.9. The number of nitro benzene ring substituents is 1. The fraction of sp³-hybridized carbons (Fsp3) is 0.579. The van der Waals surface area contributed by atoms with Crippen LogP contribution in [0.5, 0.6) is 0 Å². The van der Waals surface area contributed by atoms with Gasteiger partial charge in [-0.2, -0.15) is 0 Å². The molecule has 1 fully saturated rings. The fourth-order valence-corrected chi connectivity index (χ4v) is 3.66. The van der Waals surface area contributed by atoms with E-state index in [0.717, 1.165) is 39.0 Å². The minimum absolute atomic E-state index is 0. The lowest BCUT2D eigenvalue weighted by Crippen LogP contribution is -2.40. The molecule has 1 aromatic carbocycles. The minimum Gasteiger partial charge on any atom is -0.407 e. The number of nitro groups is 1. The van der Waals surface area contributed by atoms with Gasteiger partial charge in [0.15, 0.2) is 5.58 Å². The highest BCUT2D eigenvalue weighted by atomic mass is 35.5. The lowest BCUT2D eigenvalue weighted by Gasteiger charge is -2.32. The molecule has 1 aromatic heterocycles. The smallest absolute Gasteiger partial charge is 0.407 e. The summed E-state index contributed by atoms with van der Waals surface area (Å²) in [5.41, 5.74) is 0.571. The number of halogens is 1. The van der Waals surface area contributed by atoms with Crippen LogP contribution in [0.4, 0.5) is 5.69 Å². The maximum absolute atomic E-state index is 12.4. The number of non-ortho nitro benzene ring substituents is 1. The monoisotopic (exact) mass is 426 g/mol. The summed E-state index contributed by atoms with van der Waals surface area (Å²) >= 11 is 0. The van der Waals surface area contributed by atoms with Crippen molar-refractivity contribution in [2.24, 2.45) is 5.92 Å². The third-order valence-corrected chi connectivity index (χ3v) is 5.29. The molecule has 160 valence electrons. The number of piperidine rings is 1. The molecule has 1 amide bonds. The van der Waals surface area contributed by atoms with Crippen molar-refractivity contribution >= 4 is 35.1 Å². The Morgan fingerprint density at radius 1 is 1.34 bits per heavy atom. The van der Waals surface area contributed by atoms with Crippen LogP contribution in [0.15, 0.2) is 27.4 Å². The molecule has 0 unspecified atom stereocenters. The molecule has 0 spiro atoms. The van der Waals surface area contributed by atoms with Crippen molar-refractivity contribution in [1.29, 1.82) is 0 Å². The van der Waals surface area contributed by atoms with Crippen LogP contribution in [0.1, 0.15) is 32.6 Å². The summed E-state index contributed by atoms with van der Waals surface area (Å²) in [5, 5.41) is 14.2. The van der Waals surface area contributed by atoms with Gasteiger partial charge in [-0.3, -0.25) is 19.5 Å². The van der Waals surface area contributed by atoms with E-state index in [1.54, 1.807) is 0 Å². The van der Waals surface area contributed by atoms with Gasteiger partial charge in [0.05, 0.1) is 16.5 Å². The highest BCUT2D eigenvalue weighted by Gasteiger charge is 2.22. The maximum Gasteiger partial charge on any atom is 0.419 e. The Morgan fingerprint density at radius 3 is 2.72 bits per heavy atom. The number of hydrogen-bond donors (Lipinski definition) is 1. The molecule has 1 N–H and O–H groups in total.